The topological polar surface area (TPSA) is 104 Å². The molecule has 0 fully saturated rings. The highest BCUT2D eigenvalue weighted by molar-refractivity contribution is 6.53. The molecule has 1 atom stereocenters. The first-order valence-electron chi connectivity index (χ1n) is 11.7. The Morgan fingerprint density at radius 2 is 2.00 bits per heavy atom. The van der Waals surface area contributed by atoms with Gasteiger partial charge in [0, 0.05) is 22.6 Å². The molecular weight excluding hydrogens is 424 g/mol. The summed E-state index contributed by atoms with van der Waals surface area (Å²) in [5, 5.41) is 26.7. The van der Waals surface area contributed by atoms with Gasteiger partial charge in [0.15, 0.2) is 0 Å². The highest BCUT2D eigenvalue weighted by Gasteiger charge is 2.38. The molecule has 3 aromatic rings. The molecule has 0 unspecified atom stereocenters. The normalized spacial score (nSPS) is 15.8. The van der Waals surface area contributed by atoms with Crippen LogP contribution in [-0.4, -0.2) is 63.5 Å². The van der Waals surface area contributed by atoms with Crippen LogP contribution in [0, 0.1) is 11.3 Å². The van der Waals surface area contributed by atoms with Crippen molar-refractivity contribution in [2.24, 2.45) is 0 Å². The number of hydrogen-bond acceptors (Lipinski definition) is 7. The van der Waals surface area contributed by atoms with E-state index in [2.05, 4.69) is 27.6 Å². The number of nitriles is 1. The zero-order chi connectivity index (χ0) is 24.7. The fourth-order valence-electron chi connectivity index (χ4n) is 4.18. The van der Waals surface area contributed by atoms with Crippen LogP contribution in [0.3, 0.4) is 0 Å². The number of benzene rings is 2. The molecule has 0 bridgehead atoms. The molecule has 0 radical (unpaired) electrons. The summed E-state index contributed by atoms with van der Waals surface area (Å²) in [6.07, 6.45) is 1.79. The summed E-state index contributed by atoms with van der Waals surface area (Å²) in [5.41, 5.74) is 4.43. The third-order valence-electron chi connectivity index (χ3n) is 6.71. The van der Waals surface area contributed by atoms with Crippen LogP contribution in [0.5, 0.6) is 5.75 Å². The molecule has 11 heteroatoms. The molecule has 0 spiro atoms. The van der Waals surface area contributed by atoms with E-state index in [1.54, 1.807) is 12.1 Å². The summed E-state index contributed by atoms with van der Waals surface area (Å²) in [5.74, 6) is 1.42. The van der Waals surface area contributed by atoms with E-state index < -0.39 is 10.7 Å². The van der Waals surface area contributed by atoms with Crippen LogP contribution >= 0.6 is 0 Å². The summed E-state index contributed by atoms with van der Waals surface area (Å²) in [7, 11) is 7.69. The summed E-state index contributed by atoms with van der Waals surface area (Å²) in [6.45, 7) is 3.84. The van der Waals surface area contributed by atoms with Crippen molar-refractivity contribution < 1.29 is 14.4 Å². The third kappa shape index (κ3) is 4.66. The van der Waals surface area contributed by atoms with Crippen molar-refractivity contribution in [2.45, 2.75) is 49.6 Å². The number of aromatic nitrogens is 2. The predicted molar refractivity (Wildman–Crippen MR) is 142 cm³/mol. The van der Waals surface area contributed by atoms with Crippen molar-refractivity contribution in [3.63, 3.8) is 0 Å². The van der Waals surface area contributed by atoms with Gasteiger partial charge >= 0.3 is 0 Å². The summed E-state index contributed by atoms with van der Waals surface area (Å²) in [6, 6.07) is 13.7. The zero-order valence-corrected chi connectivity index (χ0v) is 20.6. The quantitative estimate of drug-likeness (QED) is 0.465. The smallest absolute Gasteiger partial charge is 0.258 e. The van der Waals surface area contributed by atoms with Crippen LogP contribution in [-0.2, 0) is 6.42 Å². The monoisotopic (exact) mass is 452 g/mol. The lowest BCUT2D eigenvalue weighted by molar-refractivity contribution is 0.169. The molecule has 2 aromatic carbocycles. The second-order valence-corrected chi connectivity index (χ2v) is 10.2. The molecule has 2 N–H and O–H groups in total. The molecule has 170 valence electrons. The molecule has 1 heterocycles. The Bertz CT molecular complexity index is 1250. The molecule has 0 amide bonds. The van der Waals surface area contributed by atoms with Crippen LogP contribution in [0.1, 0.15) is 43.0 Å². The Hall–Kier alpha value is -2.95. The van der Waals surface area contributed by atoms with Crippen molar-refractivity contribution in [1.82, 2.24) is 15.5 Å². The Labute approximate surface area is 203 Å². The Morgan fingerprint density at radius 3 is 2.68 bits per heavy atom. The molecule has 1 aromatic heterocycles. The van der Waals surface area contributed by atoms with Crippen LogP contribution in [0.25, 0.3) is 22.8 Å². The number of nitrogens with one attached hydrogen (secondary N) is 1. The molecule has 1 aliphatic rings. The SMILES string of the molecule is BC(B)(O)C(B)(B)N[C@H]1CCc2c(-c3noc(-c4ccc(OC(C)C)c(C#N)c4)n3)cccc21. The molecule has 4 rings (SSSR count). The van der Waals surface area contributed by atoms with Gasteiger partial charge in [-0.15, -0.1) is 0 Å². The van der Waals surface area contributed by atoms with E-state index in [1.807, 2.05) is 63.4 Å². The van der Waals surface area contributed by atoms with E-state index in [1.165, 1.54) is 11.1 Å². The minimum Gasteiger partial charge on any atom is -0.490 e. The van der Waals surface area contributed by atoms with Gasteiger partial charge in [-0.25, -0.2) is 0 Å². The highest BCUT2D eigenvalue weighted by Crippen LogP contribution is 2.38. The van der Waals surface area contributed by atoms with Crippen molar-refractivity contribution in [3.8, 4) is 34.7 Å². The molecule has 34 heavy (non-hydrogen) atoms. The predicted octanol–water partition coefficient (Wildman–Crippen LogP) is -0.528. The second-order valence-electron chi connectivity index (χ2n) is 10.2. The number of nitrogens with zero attached hydrogens (tertiary/aromatic N) is 3. The maximum Gasteiger partial charge on any atom is 0.258 e. The largest absolute Gasteiger partial charge is 0.490 e. The van der Waals surface area contributed by atoms with Gasteiger partial charge < -0.3 is 19.7 Å². The fraction of sp³-hybridized carbons (Fsp3) is 0.348. The van der Waals surface area contributed by atoms with Gasteiger partial charge in [-0.2, -0.15) is 10.2 Å². The first-order chi connectivity index (χ1) is 16.0. The fourth-order valence-corrected chi connectivity index (χ4v) is 4.18. The molecule has 0 saturated carbocycles. The van der Waals surface area contributed by atoms with Gasteiger partial charge in [-0.1, -0.05) is 23.4 Å². The number of aliphatic hydroxyl groups is 1. The average Bonchev–Trinajstić information content (AvgIpc) is 3.40. The maximum absolute atomic E-state index is 10.6. The van der Waals surface area contributed by atoms with Gasteiger partial charge in [0.25, 0.3) is 5.89 Å². The molecule has 0 aliphatic heterocycles. The minimum atomic E-state index is -0.867. The van der Waals surface area contributed by atoms with Gasteiger partial charge in [0.1, 0.15) is 43.2 Å². The zero-order valence-electron chi connectivity index (χ0n) is 20.6. The number of hydrogen-bond donors (Lipinski definition) is 2. The van der Waals surface area contributed by atoms with E-state index >= 15 is 0 Å². The van der Waals surface area contributed by atoms with E-state index in [-0.39, 0.29) is 12.1 Å². The summed E-state index contributed by atoms with van der Waals surface area (Å²) >= 11 is 0. The molecule has 1 aliphatic carbocycles. The van der Waals surface area contributed by atoms with E-state index in [9.17, 15) is 10.4 Å². The standard InChI is InChI=1S/C23H28B4N4O3/c1-12(2)33-19-9-6-13(10-14(19)11-28)21-29-20(31-34-21)17-5-3-4-16-15(17)7-8-18(16)30-22(24,25)23(26,27)32/h3-6,9-10,12,18,30,32H,7-8,24-27H2,1-2H3/t18-/m0/s1. The van der Waals surface area contributed by atoms with Crippen LogP contribution in [0.15, 0.2) is 40.9 Å². The van der Waals surface area contributed by atoms with Gasteiger partial charge in [0.05, 0.1) is 11.7 Å². The molecule has 7 nitrogen and oxygen atoms in total. The lowest BCUT2D eigenvalue weighted by Crippen LogP contribution is -2.65. The maximum atomic E-state index is 10.6. The minimum absolute atomic E-state index is 0.0273. The number of fused-ring (bicyclic) bond motifs is 1. The number of rotatable bonds is 7. The van der Waals surface area contributed by atoms with E-state index in [0.717, 1.165) is 18.4 Å². The van der Waals surface area contributed by atoms with Crippen LogP contribution in [0.2, 0.25) is 0 Å². The Balaban J connectivity index is 1.63. The van der Waals surface area contributed by atoms with Crippen molar-refractivity contribution in [1.29, 1.82) is 5.26 Å². The van der Waals surface area contributed by atoms with Crippen molar-refractivity contribution in [2.75, 3.05) is 0 Å². The van der Waals surface area contributed by atoms with Gasteiger partial charge in [0.2, 0.25) is 5.82 Å². The highest BCUT2D eigenvalue weighted by atomic mass is 16.5. The second kappa shape index (κ2) is 9.01. The lowest BCUT2D eigenvalue weighted by atomic mass is 9.40. The molecule has 0 saturated heterocycles. The first-order valence-corrected chi connectivity index (χ1v) is 11.7. The average molecular weight is 452 g/mol. The first kappa shape index (κ1) is 24.2. The Kier molecular flexibility index (Phi) is 6.41. The van der Waals surface area contributed by atoms with Gasteiger partial charge in [-0.3, -0.25) is 0 Å². The Morgan fingerprint density at radius 1 is 1.24 bits per heavy atom. The number of ether oxygens (including phenoxy) is 1. The summed E-state index contributed by atoms with van der Waals surface area (Å²) < 4.78 is 11.3. The lowest BCUT2D eigenvalue weighted by Gasteiger charge is -2.41. The van der Waals surface area contributed by atoms with Crippen LogP contribution in [0.4, 0.5) is 0 Å². The van der Waals surface area contributed by atoms with Crippen LogP contribution < -0.4 is 10.1 Å². The van der Waals surface area contributed by atoms with E-state index in [0.29, 0.717) is 28.6 Å². The van der Waals surface area contributed by atoms with Gasteiger partial charge in [-0.05, 0) is 61.4 Å². The van der Waals surface area contributed by atoms with Crippen molar-refractivity contribution in [3.05, 3.63) is 53.1 Å². The third-order valence-corrected chi connectivity index (χ3v) is 6.71. The molecular formula is C23H28B4N4O3. The summed E-state index contributed by atoms with van der Waals surface area (Å²) in [4.78, 5) is 4.64. The van der Waals surface area contributed by atoms with Crippen molar-refractivity contribution >= 4 is 31.4 Å². The van der Waals surface area contributed by atoms with E-state index in [4.69, 9.17) is 9.26 Å².